The smallest absolute Gasteiger partial charge is 0.243 e. The molecule has 0 radical (unpaired) electrons. The molecular formula is C20H22BrClFN5O2. The number of tetrazole rings is 1. The van der Waals surface area contributed by atoms with Crippen LogP contribution in [0, 0.1) is 5.82 Å². The van der Waals surface area contributed by atoms with Gasteiger partial charge in [-0.15, -0.1) is 0 Å². The Morgan fingerprint density at radius 1 is 1.27 bits per heavy atom. The number of rotatable bonds is 10. The van der Waals surface area contributed by atoms with Crippen molar-refractivity contribution in [1.82, 2.24) is 20.2 Å². The molecule has 1 aromatic heterocycles. The highest BCUT2D eigenvalue weighted by molar-refractivity contribution is 9.10. The first-order valence-corrected chi connectivity index (χ1v) is 10.6. The predicted octanol–water partition coefficient (Wildman–Crippen LogP) is 5.23. The highest BCUT2D eigenvalue weighted by Gasteiger charge is 2.17. The van der Waals surface area contributed by atoms with Crippen LogP contribution in [0.2, 0.25) is 5.02 Å². The molecule has 30 heavy (non-hydrogen) atoms. The lowest BCUT2D eigenvalue weighted by Gasteiger charge is -2.17. The van der Waals surface area contributed by atoms with Crippen LogP contribution in [0.4, 0.5) is 10.3 Å². The zero-order valence-electron chi connectivity index (χ0n) is 16.7. The summed E-state index contributed by atoms with van der Waals surface area (Å²) < 4.78 is 27.4. The van der Waals surface area contributed by atoms with Crippen molar-refractivity contribution in [2.75, 3.05) is 12.4 Å². The molecule has 2 aromatic carbocycles. The van der Waals surface area contributed by atoms with E-state index in [0.717, 1.165) is 29.4 Å². The van der Waals surface area contributed by atoms with Gasteiger partial charge in [0.1, 0.15) is 12.4 Å². The molecule has 0 amide bonds. The van der Waals surface area contributed by atoms with Crippen molar-refractivity contribution in [3.8, 4) is 11.5 Å². The van der Waals surface area contributed by atoms with Gasteiger partial charge < -0.3 is 14.8 Å². The summed E-state index contributed by atoms with van der Waals surface area (Å²) in [5.74, 6) is 1.30. The first kappa shape index (κ1) is 22.3. The fraction of sp³-hybridized carbons (Fsp3) is 0.350. The number of nitrogens with zero attached hydrogens (tertiary/aromatic N) is 4. The molecule has 0 aliphatic rings. The van der Waals surface area contributed by atoms with Gasteiger partial charge >= 0.3 is 0 Å². The lowest BCUT2D eigenvalue weighted by molar-refractivity contribution is 0.281. The third-order valence-electron chi connectivity index (χ3n) is 4.45. The Kier molecular flexibility index (Phi) is 7.87. The second-order valence-corrected chi connectivity index (χ2v) is 7.78. The van der Waals surface area contributed by atoms with Gasteiger partial charge in [-0.2, -0.15) is 0 Å². The van der Waals surface area contributed by atoms with E-state index < -0.39 is 5.82 Å². The van der Waals surface area contributed by atoms with Gasteiger partial charge in [0.05, 0.1) is 12.1 Å². The summed E-state index contributed by atoms with van der Waals surface area (Å²) in [5.41, 5.74) is 1.50. The third kappa shape index (κ3) is 5.40. The van der Waals surface area contributed by atoms with Crippen LogP contribution in [0.3, 0.4) is 0 Å². The number of ether oxygens (including phenoxy) is 2. The number of nitrogens with one attached hydrogen (secondary N) is 1. The Bertz CT molecular complexity index is 1000. The Morgan fingerprint density at radius 3 is 2.83 bits per heavy atom. The molecule has 1 N–H and O–H groups in total. The number of hydrogen-bond acceptors (Lipinski definition) is 6. The van der Waals surface area contributed by atoms with Crippen LogP contribution < -0.4 is 14.8 Å². The summed E-state index contributed by atoms with van der Waals surface area (Å²) in [6, 6.07) is 7.90. The van der Waals surface area contributed by atoms with Crippen molar-refractivity contribution in [3.05, 3.63) is 56.8 Å². The molecule has 0 saturated heterocycles. The molecule has 0 spiro atoms. The topological polar surface area (TPSA) is 74.1 Å². The van der Waals surface area contributed by atoms with Crippen LogP contribution in [0.25, 0.3) is 0 Å². The number of unbranched alkanes of at least 4 members (excludes halogenated alkanes) is 1. The van der Waals surface area contributed by atoms with Crippen molar-refractivity contribution < 1.29 is 13.9 Å². The monoisotopic (exact) mass is 497 g/mol. The number of hydrogen-bond donors (Lipinski definition) is 1. The van der Waals surface area contributed by atoms with E-state index in [2.05, 4.69) is 43.7 Å². The van der Waals surface area contributed by atoms with Crippen LogP contribution in [-0.4, -0.2) is 27.3 Å². The Morgan fingerprint density at radius 2 is 2.10 bits per heavy atom. The van der Waals surface area contributed by atoms with E-state index in [1.807, 2.05) is 6.07 Å². The summed E-state index contributed by atoms with van der Waals surface area (Å²) in [6.45, 7) is 3.41. The van der Waals surface area contributed by atoms with Gasteiger partial charge in [0.25, 0.3) is 0 Å². The molecule has 10 heteroatoms. The number of aromatic nitrogens is 4. The second kappa shape index (κ2) is 10.6. The zero-order valence-corrected chi connectivity index (χ0v) is 19.0. The molecule has 0 aliphatic heterocycles. The maximum atomic E-state index is 13.3. The van der Waals surface area contributed by atoms with Gasteiger partial charge in [0, 0.05) is 28.7 Å². The average molecular weight is 499 g/mol. The molecule has 0 fully saturated rings. The highest BCUT2D eigenvalue weighted by atomic mass is 79.9. The van der Waals surface area contributed by atoms with E-state index in [1.165, 1.54) is 12.1 Å². The van der Waals surface area contributed by atoms with E-state index in [9.17, 15) is 4.39 Å². The summed E-state index contributed by atoms with van der Waals surface area (Å²) in [6.07, 6.45) is 2.03. The molecule has 3 aromatic rings. The first-order chi connectivity index (χ1) is 14.5. The molecule has 0 bridgehead atoms. The van der Waals surface area contributed by atoms with Crippen molar-refractivity contribution in [2.24, 2.45) is 0 Å². The fourth-order valence-electron chi connectivity index (χ4n) is 2.81. The van der Waals surface area contributed by atoms with Gasteiger partial charge in [0.2, 0.25) is 5.95 Å². The number of benzene rings is 2. The fourth-order valence-corrected chi connectivity index (χ4v) is 3.49. The molecule has 0 atom stereocenters. The van der Waals surface area contributed by atoms with Crippen LogP contribution in [0.5, 0.6) is 11.5 Å². The van der Waals surface area contributed by atoms with E-state index in [4.69, 9.17) is 21.1 Å². The molecule has 0 saturated carbocycles. The molecule has 0 aliphatic carbocycles. The molecule has 3 rings (SSSR count). The lowest BCUT2D eigenvalue weighted by Crippen LogP contribution is -2.11. The van der Waals surface area contributed by atoms with E-state index in [1.54, 1.807) is 23.9 Å². The minimum absolute atomic E-state index is 0.160. The number of halogens is 3. The highest BCUT2D eigenvalue weighted by Crippen LogP contribution is 2.37. The van der Waals surface area contributed by atoms with Crippen LogP contribution in [-0.2, 0) is 19.7 Å². The van der Waals surface area contributed by atoms with Crippen molar-refractivity contribution >= 4 is 33.5 Å². The van der Waals surface area contributed by atoms with E-state index in [0.29, 0.717) is 34.6 Å². The molecule has 1 heterocycles. The minimum Gasteiger partial charge on any atom is -0.493 e. The van der Waals surface area contributed by atoms with Crippen molar-refractivity contribution in [3.63, 3.8) is 0 Å². The van der Waals surface area contributed by atoms with Crippen LogP contribution in [0.15, 0.2) is 34.8 Å². The van der Waals surface area contributed by atoms with E-state index in [-0.39, 0.29) is 6.61 Å². The van der Waals surface area contributed by atoms with Gasteiger partial charge in [-0.05, 0) is 41.1 Å². The quantitative estimate of drug-likeness (QED) is 0.413. The first-order valence-electron chi connectivity index (χ1n) is 9.45. The maximum absolute atomic E-state index is 13.3. The molecule has 0 unspecified atom stereocenters. The SMILES string of the molecule is CCCCn1nnnc1NCc1c(Br)ccc(OC)c1OCc1ccc(F)cc1Cl. The standard InChI is InChI=1S/C20H22BrClFN5O2/c1-3-4-9-28-20(25-26-27-28)24-11-15-16(21)7-8-18(29-2)19(15)30-12-13-5-6-14(23)10-17(13)22/h5-8,10H,3-4,9,11-12H2,1-2H3,(H,24,25,27). The Hall–Kier alpha value is -2.39. The lowest BCUT2D eigenvalue weighted by atomic mass is 10.1. The van der Waals surface area contributed by atoms with Gasteiger partial charge in [-0.1, -0.05) is 52.0 Å². The zero-order chi connectivity index (χ0) is 21.5. The summed E-state index contributed by atoms with van der Waals surface area (Å²) in [5, 5.41) is 15.4. The molecule has 160 valence electrons. The Labute approximate surface area is 187 Å². The van der Waals surface area contributed by atoms with Crippen LogP contribution in [0.1, 0.15) is 30.9 Å². The molecular weight excluding hydrogens is 477 g/mol. The summed E-state index contributed by atoms with van der Waals surface area (Å²) in [4.78, 5) is 0. The third-order valence-corrected chi connectivity index (χ3v) is 5.55. The molecule has 7 nitrogen and oxygen atoms in total. The number of anilines is 1. The van der Waals surface area contributed by atoms with Crippen molar-refractivity contribution in [2.45, 2.75) is 39.5 Å². The maximum Gasteiger partial charge on any atom is 0.243 e. The largest absolute Gasteiger partial charge is 0.493 e. The van der Waals surface area contributed by atoms with Crippen LogP contribution >= 0.6 is 27.5 Å². The van der Waals surface area contributed by atoms with Gasteiger partial charge in [-0.3, -0.25) is 0 Å². The minimum atomic E-state index is -0.394. The number of methoxy groups -OCH3 is 1. The second-order valence-electron chi connectivity index (χ2n) is 6.51. The predicted molar refractivity (Wildman–Crippen MR) is 116 cm³/mol. The number of aryl methyl sites for hydroxylation is 1. The van der Waals surface area contributed by atoms with Gasteiger partial charge in [0.15, 0.2) is 11.5 Å². The summed E-state index contributed by atoms with van der Waals surface area (Å²) >= 11 is 9.71. The normalized spacial score (nSPS) is 10.8. The van der Waals surface area contributed by atoms with E-state index >= 15 is 0 Å². The average Bonchev–Trinajstić information content (AvgIpc) is 3.18. The van der Waals surface area contributed by atoms with Crippen molar-refractivity contribution in [1.29, 1.82) is 0 Å². The Balaban J connectivity index is 1.81. The van der Waals surface area contributed by atoms with Gasteiger partial charge in [-0.25, -0.2) is 9.07 Å². The summed E-state index contributed by atoms with van der Waals surface area (Å²) in [7, 11) is 1.57.